The van der Waals surface area contributed by atoms with Crippen molar-refractivity contribution in [2.45, 2.75) is 26.3 Å². The van der Waals surface area contributed by atoms with Crippen molar-refractivity contribution in [2.75, 3.05) is 18.0 Å². The number of nitrogens with one attached hydrogen (secondary N) is 1. The minimum absolute atomic E-state index is 0.221. The number of rotatable bonds is 4. The quantitative estimate of drug-likeness (QED) is 0.773. The van der Waals surface area contributed by atoms with Gasteiger partial charge in [0.1, 0.15) is 0 Å². The average molecular weight is 361 g/mol. The fraction of sp³-hybridized carbons (Fsp3) is 0.333. The smallest absolute Gasteiger partial charge is 0.272 e. The van der Waals surface area contributed by atoms with E-state index in [1.54, 1.807) is 12.4 Å². The standard InChI is InChI=1S/C21H23N5O/c1-15-8-11-26(12-9-15)20-18-7-3-2-6-17(18)19(24-25-20)21(27)23-14-16-5-4-10-22-13-16/h2-7,10,13,15H,8-9,11-12,14H2,1H3,(H,23,27). The fourth-order valence-electron chi connectivity index (χ4n) is 3.48. The van der Waals surface area contributed by atoms with Gasteiger partial charge < -0.3 is 10.2 Å². The number of benzene rings is 1. The van der Waals surface area contributed by atoms with E-state index in [9.17, 15) is 4.79 Å². The van der Waals surface area contributed by atoms with Gasteiger partial charge in [-0.05, 0) is 30.4 Å². The Hall–Kier alpha value is -3.02. The zero-order valence-corrected chi connectivity index (χ0v) is 15.4. The Morgan fingerprint density at radius 1 is 1.11 bits per heavy atom. The van der Waals surface area contributed by atoms with Crippen LogP contribution in [0.2, 0.25) is 0 Å². The largest absolute Gasteiger partial charge is 0.355 e. The maximum absolute atomic E-state index is 12.7. The molecule has 6 nitrogen and oxygen atoms in total. The van der Waals surface area contributed by atoms with Gasteiger partial charge in [-0.25, -0.2) is 0 Å². The van der Waals surface area contributed by atoms with Crippen LogP contribution in [0.1, 0.15) is 35.8 Å². The highest BCUT2D eigenvalue weighted by atomic mass is 16.1. The van der Waals surface area contributed by atoms with E-state index >= 15 is 0 Å². The normalized spacial score (nSPS) is 15.1. The van der Waals surface area contributed by atoms with Crippen molar-refractivity contribution in [1.29, 1.82) is 0 Å². The molecule has 1 saturated heterocycles. The number of anilines is 1. The van der Waals surface area contributed by atoms with Crippen LogP contribution >= 0.6 is 0 Å². The molecule has 4 rings (SSSR count). The summed E-state index contributed by atoms with van der Waals surface area (Å²) in [5, 5.41) is 13.5. The monoisotopic (exact) mass is 361 g/mol. The van der Waals surface area contributed by atoms with E-state index in [4.69, 9.17) is 0 Å². The summed E-state index contributed by atoms with van der Waals surface area (Å²) in [5.74, 6) is 1.40. The first-order chi connectivity index (χ1) is 13.2. The van der Waals surface area contributed by atoms with Crippen LogP contribution in [0, 0.1) is 5.92 Å². The molecule has 3 aromatic rings. The van der Waals surface area contributed by atoms with E-state index in [-0.39, 0.29) is 5.91 Å². The van der Waals surface area contributed by atoms with E-state index in [0.29, 0.717) is 12.2 Å². The van der Waals surface area contributed by atoms with Crippen LogP contribution in [-0.2, 0) is 6.54 Å². The molecule has 0 aliphatic carbocycles. The van der Waals surface area contributed by atoms with Gasteiger partial charge in [0, 0.05) is 42.8 Å². The van der Waals surface area contributed by atoms with Gasteiger partial charge in [0.2, 0.25) is 0 Å². The second-order valence-electron chi connectivity index (χ2n) is 7.13. The lowest BCUT2D eigenvalue weighted by Gasteiger charge is -2.31. The summed E-state index contributed by atoms with van der Waals surface area (Å²) in [6, 6.07) is 11.7. The lowest BCUT2D eigenvalue weighted by atomic mass is 9.99. The third kappa shape index (κ3) is 3.74. The number of nitrogens with zero attached hydrogens (tertiary/aromatic N) is 4. The summed E-state index contributed by atoms with van der Waals surface area (Å²) in [5.41, 5.74) is 1.31. The Balaban J connectivity index is 1.60. The van der Waals surface area contributed by atoms with Crippen molar-refractivity contribution >= 4 is 22.5 Å². The minimum atomic E-state index is -0.221. The number of carbonyl (C=O) groups excluding carboxylic acids is 1. The van der Waals surface area contributed by atoms with Gasteiger partial charge in [-0.15, -0.1) is 10.2 Å². The minimum Gasteiger partial charge on any atom is -0.355 e. The van der Waals surface area contributed by atoms with E-state index in [2.05, 4.69) is 32.3 Å². The Labute approximate surface area is 158 Å². The van der Waals surface area contributed by atoms with Crippen LogP contribution in [0.15, 0.2) is 48.8 Å². The molecule has 0 saturated carbocycles. The Morgan fingerprint density at radius 3 is 2.63 bits per heavy atom. The molecule has 1 N–H and O–H groups in total. The van der Waals surface area contributed by atoms with Crippen LogP contribution in [0.3, 0.4) is 0 Å². The molecule has 1 fully saturated rings. The van der Waals surface area contributed by atoms with Gasteiger partial charge in [0.05, 0.1) is 0 Å². The molecular formula is C21H23N5O. The molecule has 1 aromatic carbocycles. The van der Waals surface area contributed by atoms with Crippen LogP contribution < -0.4 is 10.2 Å². The van der Waals surface area contributed by atoms with Crippen LogP contribution in [0.5, 0.6) is 0 Å². The van der Waals surface area contributed by atoms with Crippen molar-refractivity contribution in [1.82, 2.24) is 20.5 Å². The van der Waals surface area contributed by atoms with Crippen molar-refractivity contribution in [3.8, 4) is 0 Å². The lowest BCUT2D eigenvalue weighted by molar-refractivity contribution is 0.0947. The van der Waals surface area contributed by atoms with Crippen molar-refractivity contribution < 1.29 is 4.79 Å². The molecule has 0 radical (unpaired) electrons. The molecule has 6 heteroatoms. The fourth-order valence-corrected chi connectivity index (χ4v) is 3.48. The number of pyridine rings is 1. The van der Waals surface area contributed by atoms with E-state index in [1.807, 2.05) is 36.4 Å². The Kier molecular flexibility index (Phi) is 4.96. The molecule has 1 aliphatic heterocycles. The highest BCUT2D eigenvalue weighted by Gasteiger charge is 2.22. The highest BCUT2D eigenvalue weighted by molar-refractivity contribution is 6.07. The van der Waals surface area contributed by atoms with Crippen LogP contribution in [0.25, 0.3) is 10.8 Å². The van der Waals surface area contributed by atoms with Crippen molar-refractivity contribution in [3.05, 3.63) is 60.0 Å². The number of carbonyl (C=O) groups is 1. The number of amides is 1. The Bertz CT molecular complexity index is 936. The number of piperidine rings is 1. The summed E-state index contributed by atoms with van der Waals surface area (Å²) in [7, 11) is 0. The third-order valence-electron chi connectivity index (χ3n) is 5.14. The molecule has 0 unspecified atom stereocenters. The molecule has 0 spiro atoms. The summed E-state index contributed by atoms with van der Waals surface area (Å²) in [6.45, 7) is 4.66. The topological polar surface area (TPSA) is 71.0 Å². The first kappa shape index (κ1) is 17.4. The first-order valence-corrected chi connectivity index (χ1v) is 9.40. The predicted molar refractivity (Wildman–Crippen MR) is 106 cm³/mol. The number of hydrogen-bond acceptors (Lipinski definition) is 5. The van der Waals surface area contributed by atoms with Crippen molar-refractivity contribution in [2.24, 2.45) is 5.92 Å². The predicted octanol–water partition coefficient (Wildman–Crippen LogP) is 3.19. The maximum atomic E-state index is 12.7. The maximum Gasteiger partial charge on any atom is 0.272 e. The SMILES string of the molecule is CC1CCN(c2nnc(C(=O)NCc3cccnc3)c3ccccc23)CC1. The molecule has 2 aromatic heterocycles. The van der Waals surface area contributed by atoms with Gasteiger partial charge in [0.25, 0.3) is 5.91 Å². The second-order valence-corrected chi connectivity index (χ2v) is 7.13. The van der Waals surface area contributed by atoms with Crippen molar-refractivity contribution in [3.63, 3.8) is 0 Å². The molecule has 138 valence electrons. The van der Waals surface area contributed by atoms with Gasteiger partial charge in [0.15, 0.2) is 11.5 Å². The zero-order valence-electron chi connectivity index (χ0n) is 15.4. The third-order valence-corrected chi connectivity index (χ3v) is 5.14. The number of aromatic nitrogens is 3. The first-order valence-electron chi connectivity index (χ1n) is 9.40. The average Bonchev–Trinajstić information content (AvgIpc) is 2.73. The Morgan fingerprint density at radius 2 is 1.89 bits per heavy atom. The molecule has 0 bridgehead atoms. The van der Waals surface area contributed by atoms with E-state index in [1.165, 1.54) is 0 Å². The second kappa shape index (κ2) is 7.70. The molecular weight excluding hydrogens is 338 g/mol. The summed E-state index contributed by atoms with van der Waals surface area (Å²) in [4.78, 5) is 19.1. The van der Waals surface area contributed by atoms with Gasteiger partial charge in [-0.2, -0.15) is 0 Å². The number of fused-ring (bicyclic) bond motifs is 1. The van der Waals surface area contributed by atoms with Crippen LogP contribution in [0.4, 0.5) is 5.82 Å². The zero-order chi connectivity index (χ0) is 18.6. The molecule has 1 aliphatic rings. The number of hydrogen-bond donors (Lipinski definition) is 1. The van der Waals surface area contributed by atoms with Gasteiger partial charge >= 0.3 is 0 Å². The molecule has 0 atom stereocenters. The van der Waals surface area contributed by atoms with Gasteiger partial charge in [-0.3, -0.25) is 9.78 Å². The summed E-state index contributed by atoms with van der Waals surface area (Å²) >= 11 is 0. The molecule has 1 amide bonds. The van der Waals surface area contributed by atoms with Gasteiger partial charge in [-0.1, -0.05) is 37.3 Å². The molecule has 3 heterocycles. The summed E-state index contributed by atoms with van der Waals surface area (Å²) < 4.78 is 0. The highest BCUT2D eigenvalue weighted by Crippen LogP contribution is 2.29. The summed E-state index contributed by atoms with van der Waals surface area (Å²) in [6.07, 6.45) is 5.77. The van der Waals surface area contributed by atoms with Crippen LogP contribution in [-0.4, -0.2) is 34.2 Å². The van der Waals surface area contributed by atoms with E-state index < -0.39 is 0 Å². The molecule has 27 heavy (non-hydrogen) atoms. The van der Waals surface area contributed by atoms with E-state index in [0.717, 1.165) is 54.0 Å². The lowest BCUT2D eigenvalue weighted by Crippen LogP contribution is -2.34.